The molecule has 6 aliphatic rings. The second kappa shape index (κ2) is 16.6. The number of thiophene rings is 1. The maximum Gasteiger partial charge on any atom is 0.0557 e. The van der Waals surface area contributed by atoms with Crippen LogP contribution in [0.2, 0.25) is 0 Å². The van der Waals surface area contributed by atoms with Gasteiger partial charge < -0.3 is 4.90 Å². The van der Waals surface area contributed by atoms with Gasteiger partial charge in [0.2, 0.25) is 0 Å². The van der Waals surface area contributed by atoms with Gasteiger partial charge in [-0.2, -0.15) is 0 Å². The first-order valence-electron chi connectivity index (χ1n) is 25.3. The van der Waals surface area contributed by atoms with Crippen molar-refractivity contribution in [3.8, 4) is 33.4 Å². The van der Waals surface area contributed by atoms with Crippen LogP contribution in [0, 0.1) is 23.7 Å². The predicted molar refractivity (Wildman–Crippen MR) is 306 cm³/mol. The van der Waals surface area contributed by atoms with Crippen molar-refractivity contribution in [2.24, 2.45) is 23.7 Å². The molecule has 2 aliphatic heterocycles. The van der Waals surface area contributed by atoms with E-state index in [-0.39, 0.29) is 12.1 Å². The molecule has 0 spiro atoms. The molecule has 3 heteroatoms. The van der Waals surface area contributed by atoms with Crippen molar-refractivity contribution in [3.63, 3.8) is 0 Å². The lowest BCUT2D eigenvalue weighted by molar-refractivity contribution is 0.515. The first-order valence-corrected chi connectivity index (χ1v) is 27.1. The van der Waals surface area contributed by atoms with Crippen molar-refractivity contribution >= 4 is 76.1 Å². The van der Waals surface area contributed by atoms with Crippen LogP contribution in [-0.4, -0.2) is 22.6 Å². The van der Waals surface area contributed by atoms with Crippen molar-refractivity contribution in [3.05, 3.63) is 266 Å². The van der Waals surface area contributed by atoms with E-state index >= 15 is 0 Å². The largest absolute Gasteiger partial charge is 0.357 e. The smallest absolute Gasteiger partial charge is 0.0557 e. The maximum atomic E-state index is 2.77. The number of nitrogens with zero attached hydrogens (tertiary/aromatic N) is 1. The molecule has 0 bridgehead atoms. The topological polar surface area (TPSA) is 3.24 Å². The molecule has 2 saturated heterocycles. The normalized spacial score (nSPS) is 24.8. The average Bonchev–Trinajstić information content (AvgIpc) is 4.12. The number of benzene rings is 8. The molecule has 0 amide bonds. The van der Waals surface area contributed by atoms with Crippen molar-refractivity contribution in [1.82, 2.24) is 0 Å². The fraction of sp³-hybridized carbons (Fsp3) is 0.118. The molecule has 3 heterocycles. The fourth-order valence-electron chi connectivity index (χ4n) is 13.2. The first kappa shape index (κ1) is 41.4. The second-order valence-electron chi connectivity index (χ2n) is 20.1. The zero-order valence-electron chi connectivity index (χ0n) is 39.1. The molecule has 0 radical (unpaired) electrons. The van der Waals surface area contributed by atoms with Gasteiger partial charge in [-0.15, -0.1) is 23.1 Å². The number of thioether (sulfide) groups is 1. The minimum atomic E-state index is 0.187. The number of allylic oxidation sites excluding steroid dienone is 10. The summed E-state index contributed by atoms with van der Waals surface area (Å²) in [6.07, 6.45) is 31.9. The van der Waals surface area contributed by atoms with Gasteiger partial charge in [0.25, 0.3) is 0 Å². The first-order chi connectivity index (χ1) is 35.2. The van der Waals surface area contributed by atoms with Crippen LogP contribution in [0.4, 0.5) is 5.69 Å². The van der Waals surface area contributed by atoms with E-state index in [1.54, 1.807) is 0 Å². The monoisotopic (exact) mass is 943 g/mol. The molecular formula is C68H49NS2. The van der Waals surface area contributed by atoms with Crippen LogP contribution >= 0.6 is 23.1 Å². The summed E-state index contributed by atoms with van der Waals surface area (Å²) in [4.78, 5) is 2.77. The zero-order chi connectivity index (χ0) is 46.6. The molecule has 71 heavy (non-hydrogen) atoms. The van der Waals surface area contributed by atoms with Gasteiger partial charge in [-0.1, -0.05) is 225 Å². The van der Waals surface area contributed by atoms with Gasteiger partial charge in [-0.05, 0) is 101 Å². The standard InChI is InChI=1S/C68H49NS2/c1-3-15-43(16-4-1)65-55-21-7-8-22-56(55)66(44-17-5-2-6-18-44)60-39-45(31-38-57(60)65)42-29-34-48(35-30-42)69-61-40-46(49-23-13-25-58-53-19-9-11-27-63(53)70-67(49)58)32-36-51(61)52-37-33-47(41-62(52)69)50-24-14-26-59-54-20-10-12-28-64(54)71-68(50)59/h1-41,51-53,58,61-63,67H. The lowest BCUT2D eigenvalue weighted by atomic mass is 9.76. The molecule has 1 aromatic heterocycles. The van der Waals surface area contributed by atoms with E-state index in [0.717, 1.165) is 0 Å². The van der Waals surface area contributed by atoms with Gasteiger partial charge in [0.1, 0.15) is 0 Å². The highest BCUT2D eigenvalue weighted by atomic mass is 32.2. The number of hydrogen-bond donors (Lipinski definition) is 0. The Morgan fingerprint density at radius 2 is 1.01 bits per heavy atom. The molecular weight excluding hydrogens is 895 g/mol. The van der Waals surface area contributed by atoms with Gasteiger partial charge >= 0.3 is 0 Å². The van der Waals surface area contributed by atoms with Gasteiger partial charge in [-0.25, -0.2) is 0 Å². The maximum absolute atomic E-state index is 2.77. The van der Waals surface area contributed by atoms with E-state index in [1.165, 1.54) is 103 Å². The van der Waals surface area contributed by atoms with Gasteiger partial charge in [0.15, 0.2) is 0 Å². The molecule has 8 unspecified atom stereocenters. The number of rotatable bonds is 6. The van der Waals surface area contributed by atoms with Crippen LogP contribution in [0.15, 0.2) is 260 Å². The van der Waals surface area contributed by atoms with E-state index in [4.69, 9.17) is 0 Å². The quantitative estimate of drug-likeness (QED) is 0.153. The lowest BCUT2D eigenvalue weighted by Crippen LogP contribution is -2.37. The van der Waals surface area contributed by atoms with E-state index in [2.05, 4.69) is 266 Å². The summed E-state index contributed by atoms with van der Waals surface area (Å²) in [5, 5.41) is 8.77. The lowest BCUT2D eigenvalue weighted by Gasteiger charge is -2.34. The van der Waals surface area contributed by atoms with Crippen LogP contribution in [0.3, 0.4) is 0 Å². The minimum absolute atomic E-state index is 0.187. The Hall–Kier alpha value is -7.43. The Morgan fingerprint density at radius 3 is 1.77 bits per heavy atom. The van der Waals surface area contributed by atoms with Gasteiger partial charge in [-0.3, -0.25) is 0 Å². The molecule has 8 atom stereocenters. The van der Waals surface area contributed by atoms with E-state index in [0.29, 0.717) is 34.2 Å². The molecule has 4 aliphatic carbocycles. The van der Waals surface area contributed by atoms with Crippen molar-refractivity contribution in [2.45, 2.75) is 22.6 Å². The summed E-state index contributed by atoms with van der Waals surface area (Å²) in [6.45, 7) is 0. The molecule has 15 rings (SSSR count). The third kappa shape index (κ3) is 6.59. The summed E-state index contributed by atoms with van der Waals surface area (Å²) < 4.78 is 2.72. The van der Waals surface area contributed by atoms with Crippen LogP contribution in [0.5, 0.6) is 0 Å². The third-order valence-electron chi connectivity index (χ3n) is 16.4. The van der Waals surface area contributed by atoms with Gasteiger partial charge in [0, 0.05) is 60.0 Å². The van der Waals surface area contributed by atoms with Crippen molar-refractivity contribution in [2.75, 3.05) is 4.90 Å². The Kier molecular flexibility index (Phi) is 9.66. The summed E-state index contributed by atoms with van der Waals surface area (Å²) in [7, 11) is 0. The van der Waals surface area contributed by atoms with Crippen LogP contribution in [0.25, 0.3) is 80.7 Å². The number of anilines is 1. The van der Waals surface area contributed by atoms with Gasteiger partial charge in [0.05, 0.1) is 12.1 Å². The molecule has 1 nitrogen and oxygen atoms in total. The minimum Gasteiger partial charge on any atom is -0.357 e. The Bertz CT molecular complexity index is 3900. The highest BCUT2D eigenvalue weighted by molar-refractivity contribution is 8.01. The van der Waals surface area contributed by atoms with E-state index in [1.807, 2.05) is 11.3 Å². The molecule has 0 N–H and O–H groups in total. The predicted octanol–water partition coefficient (Wildman–Crippen LogP) is 17.6. The van der Waals surface area contributed by atoms with E-state index in [9.17, 15) is 0 Å². The van der Waals surface area contributed by atoms with Crippen LogP contribution in [-0.2, 0) is 0 Å². The highest BCUT2D eigenvalue weighted by Gasteiger charge is 2.49. The SMILES string of the molecule is C1=CC2SC3C(C4=CC5C(C=C4)C4C=CC(c6cccc7c6sc6ccccc67)=CC4N5c4ccc(-c5ccc6c(-c7ccccc7)c7ccccc7c(-c7ccccc7)c6c5)cc4)=CC=CC3C2C=C1. The molecule has 9 aromatic rings. The number of hydrogen-bond acceptors (Lipinski definition) is 3. The number of fused-ring (bicyclic) bond motifs is 11. The Balaban J connectivity index is 0.854. The Morgan fingerprint density at radius 1 is 0.408 bits per heavy atom. The average molecular weight is 944 g/mol. The van der Waals surface area contributed by atoms with Crippen molar-refractivity contribution < 1.29 is 0 Å². The van der Waals surface area contributed by atoms with Crippen LogP contribution in [0.1, 0.15) is 5.56 Å². The van der Waals surface area contributed by atoms with Crippen molar-refractivity contribution in [1.29, 1.82) is 0 Å². The van der Waals surface area contributed by atoms with Crippen LogP contribution < -0.4 is 4.90 Å². The zero-order valence-corrected chi connectivity index (χ0v) is 40.7. The molecule has 0 saturated carbocycles. The second-order valence-corrected chi connectivity index (χ2v) is 22.5. The molecule has 2 fully saturated rings. The van der Waals surface area contributed by atoms with E-state index < -0.39 is 0 Å². The highest BCUT2D eigenvalue weighted by Crippen LogP contribution is 2.54. The fourth-order valence-corrected chi connectivity index (χ4v) is 16.2. The third-order valence-corrected chi connectivity index (χ3v) is 19.3. The summed E-state index contributed by atoms with van der Waals surface area (Å²) in [5.74, 6) is 1.76. The summed E-state index contributed by atoms with van der Waals surface area (Å²) in [6, 6.07) is 63.8. The Labute approximate surface area is 423 Å². The summed E-state index contributed by atoms with van der Waals surface area (Å²) in [5.41, 5.74) is 14.3. The molecule has 338 valence electrons. The summed E-state index contributed by atoms with van der Waals surface area (Å²) >= 11 is 4.08. The molecule has 8 aromatic carbocycles.